The summed E-state index contributed by atoms with van der Waals surface area (Å²) in [7, 11) is -1.98. The molecule has 1 aromatic heterocycles. The monoisotopic (exact) mass is 379 g/mol. The van der Waals surface area contributed by atoms with Gasteiger partial charge in [-0.25, -0.2) is 13.0 Å². The van der Waals surface area contributed by atoms with Gasteiger partial charge in [-0.2, -0.15) is 5.43 Å². The minimum Gasteiger partial charge on any atom is -0.258 e. The van der Waals surface area contributed by atoms with Crippen LogP contribution in [-0.2, 0) is 17.1 Å². The van der Waals surface area contributed by atoms with E-state index in [1.807, 2.05) is 6.92 Å². The maximum atomic E-state index is 12.3. The number of thiazole rings is 1. The number of non-ortho nitro benzene ring substituents is 1. The fourth-order valence-electron chi connectivity index (χ4n) is 2.25. The number of hydrazine groups is 1. The number of aryl methyl sites for hydroxylation is 2. The van der Waals surface area contributed by atoms with Crippen LogP contribution in [0.15, 0.2) is 47.4 Å². The molecular formula is C15H15N4O4S2+. The van der Waals surface area contributed by atoms with E-state index in [2.05, 4.69) is 10.3 Å². The van der Waals surface area contributed by atoms with Gasteiger partial charge in [0.25, 0.3) is 15.7 Å². The molecule has 0 saturated heterocycles. The standard InChI is InChI=1S/C15H14N4O4S2/c1-10-3-6-12(7-4-10)25(22,23)17-16-15-18(2)13-8-5-11(19(20)21)9-14(13)24-15/h3-9,17H,1-2H3/p+1. The van der Waals surface area contributed by atoms with Crippen LogP contribution in [0.4, 0.5) is 10.8 Å². The van der Waals surface area contributed by atoms with Gasteiger partial charge in [0, 0.05) is 12.1 Å². The van der Waals surface area contributed by atoms with E-state index >= 15 is 0 Å². The van der Waals surface area contributed by atoms with Crippen molar-refractivity contribution in [2.45, 2.75) is 11.8 Å². The normalized spacial score (nSPS) is 11.6. The molecule has 1 heterocycles. The summed E-state index contributed by atoms with van der Waals surface area (Å²) in [4.78, 5) is 12.9. The van der Waals surface area contributed by atoms with Gasteiger partial charge in [0.1, 0.15) is 5.52 Å². The van der Waals surface area contributed by atoms with E-state index in [-0.39, 0.29) is 10.6 Å². The van der Waals surface area contributed by atoms with E-state index < -0.39 is 14.9 Å². The molecule has 0 fully saturated rings. The van der Waals surface area contributed by atoms with Crippen molar-refractivity contribution in [1.29, 1.82) is 0 Å². The van der Waals surface area contributed by atoms with Crippen LogP contribution in [0.3, 0.4) is 0 Å². The molecule has 0 bridgehead atoms. The molecule has 0 amide bonds. The Balaban J connectivity index is 1.86. The van der Waals surface area contributed by atoms with E-state index in [1.165, 1.54) is 35.6 Å². The smallest absolute Gasteiger partial charge is 0.258 e. The summed E-state index contributed by atoms with van der Waals surface area (Å²) in [6, 6.07) is 11.0. The van der Waals surface area contributed by atoms with E-state index in [0.29, 0.717) is 9.83 Å². The Labute approximate surface area is 147 Å². The number of hydrogen-bond acceptors (Lipinski definition) is 6. The Bertz CT molecular complexity index is 1060. The summed E-state index contributed by atoms with van der Waals surface area (Å²) in [5.41, 5.74) is 4.38. The van der Waals surface area contributed by atoms with Crippen LogP contribution in [0.5, 0.6) is 0 Å². The number of fused-ring (bicyclic) bond motifs is 1. The fourth-order valence-corrected chi connectivity index (χ4v) is 4.20. The lowest BCUT2D eigenvalue weighted by atomic mass is 10.2. The van der Waals surface area contributed by atoms with Crippen molar-refractivity contribution in [3.05, 3.63) is 58.1 Å². The zero-order valence-electron chi connectivity index (χ0n) is 13.4. The Morgan fingerprint density at radius 3 is 2.48 bits per heavy atom. The summed E-state index contributed by atoms with van der Waals surface area (Å²) in [6.45, 7) is 1.87. The van der Waals surface area contributed by atoms with Gasteiger partial charge in [0.05, 0.1) is 21.6 Å². The van der Waals surface area contributed by atoms with Crippen molar-refractivity contribution in [2.75, 3.05) is 5.43 Å². The fraction of sp³-hybridized carbons (Fsp3) is 0.133. The lowest BCUT2D eigenvalue weighted by molar-refractivity contribution is -0.626. The minimum absolute atomic E-state index is 0.0128. The van der Waals surface area contributed by atoms with Crippen LogP contribution in [0.25, 0.3) is 10.2 Å². The molecular weight excluding hydrogens is 364 g/mol. The summed E-state index contributed by atoms with van der Waals surface area (Å²) in [5, 5.41) is 11.4. The first-order valence-corrected chi connectivity index (χ1v) is 9.49. The molecule has 2 aromatic carbocycles. The molecule has 2 N–H and O–H groups in total. The molecule has 130 valence electrons. The van der Waals surface area contributed by atoms with Crippen molar-refractivity contribution < 1.29 is 17.9 Å². The summed E-state index contributed by atoms with van der Waals surface area (Å²) >= 11 is 1.21. The predicted molar refractivity (Wildman–Crippen MR) is 94.8 cm³/mol. The van der Waals surface area contributed by atoms with Gasteiger partial charge in [-0.05, 0) is 41.3 Å². The molecule has 0 unspecified atom stereocenters. The second-order valence-electron chi connectivity index (χ2n) is 5.42. The van der Waals surface area contributed by atoms with Crippen molar-refractivity contribution in [3.8, 4) is 0 Å². The van der Waals surface area contributed by atoms with E-state index in [1.54, 1.807) is 29.8 Å². The van der Waals surface area contributed by atoms with Gasteiger partial charge < -0.3 is 0 Å². The van der Waals surface area contributed by atoms with E-state index in [4.69, 9.17) is 0 Å². The van der Waals surface area contributed by atoms with E-state index in [0.717, 1.165) is 11.1 Å². The number of nitrogens with zero attached hydrogens (tertiary/aromatic N) is 2. The Morgan fingerprint density at radius 2 is 1.84 bits per heavy atom. The van der Waals surface area contributed by atoms with Crippen molar-refractivity contribution in [2.24, 2.45) is 7.05 Å². The van der Waals surface area contributed by atoms with Crippen LogP contribution in [0.1, 0.15) is 5.56 Å². The van der Waals surface area contributed by atoms with Gasteiger partial charge in [-0.1, -0.05) is 17.7 Å². The van der Waals surface area contributed by atoms with Crippen molar-refractivity contribution in [1.82, 2.24) is 4.83 Å². The maximum Gasteiger partial charge on any atom is 0.353 e. The van der Waals surface area contributed by atoms with Gasteiger partial charge in [0.2, 0.25) is 0 Å². The quantitative estimate of drug-likeness (QED) is 0.402. The Hall–Kier alpha value is -2.56. The number of aromatic nitrogens is 1. The average Bonchev–Trinajstić information content (AvgIpc) is 2.89. The number of anilines is 1. The SMILES string of the molecule is Cc1ccc(S(=O)(=O)NNc2sc3cc([N+](=O)[O-])ccc3[n+]2C)cc1. The first-order valence-electron chi connectivity index (χ1n) is 7.19. The predicted octanol–water partition coefficient (Wildman–Crippen LogP) is 2.25. The Morgan fingerprint density at radius 1 is 1.16 bits per heavy atom. The lowest BCUT2D eigenvalue weighted by Gasteiger charge is -2.04. The van der Waals surface area contributed by atoms with Gasteiger partial charge in [0.15, 0.2) is 0 Å². The molecule has 0 atom stereocenters. The lowest BCUT2D eigenvalue weighted by Crippen LogP contribution is -2.37. The Kier molecular flexibility index (Phi) is 4.41. The number of sulfonamides is 1. The summed E-state index contributed by atoms with van der Waals surface area (Å²) in [5.74, 6) is 0. The van der Waals surface area contributed by atoms with Gasteiger partial charge in [-0.3, -0.25) is 10.1 Å². The number of nitro benzene ring substituents is 1. The second kappa shape index (κ2) is 6.39. The third-order valence-electron chi connectivity index (χ3n) is 3.65. The van der Waals surface area contributed by atoms with Crippen LogP contribution >= 0.6 is 11.3 Å². The molecule has 10 heteroatoms. The van der Waals surface area contributed by atoms with Crippen LogP contribution in [0.2, 0.25) is 0 Å². The van der Waals surface area contributed by atoms with Crippen LogP contribution in [0, 0.1) is 17.0 Å². The molecule has 25 heavy (non-hydrogen) atoms. The van der Waals surface area contributed by atoms with Crippen LogP contribution in [-0.4, -0.2) is 13.3 Å². The zero-order chi connectivity index (χ0) is 18.2. The highest BCUT2D eigenvalue weighted by Crippen LogP contribution is 2.27. The molecule has 0 spiro atoms. The highest BCUT2D eigenvalue weighted by molar-refractivity contribution is 7.89. The number of nitro groups is 1. The van der Waals surface area contributed by atoms with E-state index in [9.17, 15) is 18.5 Å². The highest BCUT2D eigenvalue weighted by atomic mass is 32.2. The van der Waals surface area contributed by atoms with Crippen molar-refractivity contribution in [3.63, 3.8) is 0 Å². The molecule has 0 aliphatic carbocycles. The molecule has 3 rings (SSSR count). The highest BCUT2D eigenvalue weighted by Gasteiger charge is 2.21. The third kappa shape index (κ3) is 3.45. The molecule has 8 nitrogen and oxygen atoms in total. The van der Waals surface area contributed by atoms with Crippen LogP contribution < -0.4 is 14.8 Å². The number of nitrogens with one attached hydrogen (secondary N) is 2. The molecule has 0 radical (unpaired) electrons. The average molecular weight is 379 g/mol. The maximum absolute atomic E-state index is 12.3. The first-order chi connectivity index (χ1) is 11.8. The number of hydrogen-bond donors (Lipinski definition) is 2. The number of benzene rings is 2. The summed E-state index contributed by atoms with van der Waals surface area (Å²) < 4.78 is 27.0. The second-order valence-corrected chi connectivity index (χ2v) is 8.13. The van der Waals surface area contributed by atoms with Gasteiger partial charge in [-0.15, -0.1) is 0 Å². The van der Waals surface area contributed by atoms with Gasteiger partial charge >= 0.3 is 5.13 Å². The zero-order valence-corrected chi connectivity index (χ0v) is 15.0. The molecule has 0 saturated carbocycles. The first kappa shape index (κ1) is 17.3. The van der Waals surface area contributed by atoms with Crippen molar-refractivity contribution >= 4 is 42.4 Å². The molecule has 0 aliphatic heterocycles. The summed E-state index contributed by atoms with van der Waals surface area (Å²) in [6.07, 6.45) is 0. The topological polar surface area (TPSA) is 105 Å². The minimum atomic E-state index is -3.73. The molecule has 3 aromatic rings. The molecule has 0 aliphatic rings. The largest absolute Gasteiger partial charge is 0.353 e. The number of rotatable bonds is 5. The third-order valence-corrected chi connectivity index (χ3v) is 6.03.